The van der Waals surface area contributed by atoms with Gasteiger partial charge in [-0.3, -0.25) is 0 Å². The van der Waals surface area contributed by atoms with Gasteiger partial charge >= 0.3 is 12.1 Å². The quantitative estimate of drug-likeness (QED) is 0.809. The maximum Gasteiger partial charge on any atom is 0.425 e. The van der Waals surface area contributed by atoms with Crippen LogP contribution >= 0.6 is 0 Å². The molecule has 1 aromatic rings. The van der Waals surface area contributed by atoms with Crippen molar-refractivity contribution in [3.8, 4) is 0 Å². The first-order chi connectivity index (χ1) is 7.41. The molecule has 0 aromatic heterocycles. The minimum absolute atomic E-state index is 0.299. The number of rotatable bonds is 3. The van der Waals surface area contributed by atoms with E-state index in [1.165, 1.54) is 0 Å². The molecule has 0 heterocycles. The molecule has 0 spiro atoms. The standard InChI is InChI=1S/C10H9F3O3/c11-10(12,13)8(14)9(15)16-6-7-4-2-1-3-5-7/h1-5,8,14H,6H2. The molecule has 0 saturated heterocycles. The SMILES string of the molecule is O=C(OCc1ccccc1)C(O)C(F)(F)F. The van der Waals surface area contributed by atoms with E-state index in [9.17, 15) is 18.0 Å². The summed E-state index contributed by atoms with van der Waals surface area (Å²) in [6.45, 7) is -0.299. The molecule has 0 aliphatic rings. The summed E-state index contributed by atoms with van der Waals surface area (Å²) >= 11 is 0. The third-order valence-electron chi connectivity index (χ3n) is 1.76. The lowest BCUT2D eigenvalue weighted by Gasteiger charge is -2.13. The Balaban J connectivity index is 2.48. The number of esters is 1. The van der Waals surface area contributed by atoms with Crippen molar-refractivity contribution < 1.29 is 27.8 Å². The van der Waals surface area contributed by atoms with Crippen LogP contribution in [0.15, 0.2) is 30.3 Å². The lowest BCUT2D eigenvalue weighted by molar-refractivity contribution is -0.218. The average molecular weight is 234 g/mol. The fourth-order valence-corrected chi connectivity index (χ4v) is 0.941. The molecule has 0 fully saturated rings. The lowest BCUT2D eigenvalue weighted by Crippen LogP contribution is -2.37. The van der Waals surface area contributed by atoms with Crippen LogP contribution in [0.4, 0.5) is 13.2 Å². The van der Waals surface area contributed by atoms with Crippen molar-refractivity contribution in [3.05, 3.63) is 35.9 Å². The summed E-state index contributed by atoms with van der Waals surface area (Å²) in [6.07, 6.45) is -8.08. The number of halogens is 3. The first-order valence-electron chi connectivity index (χ1n) is 4.36. The Kier molecular flexibility index (Phi) is 3.89. The third kappa shape index (κ3) is 3.54. The molecule has 0 saturated carbocycles. The molecule has 1 aromatic carbocycles. The Morgan fingerprint density at radius 2 is 1.88 bits per heavy atom. The van der Waals surface area contributed by atoms with Crippen LogP contribution < -0.4 is 0 Å². The van der Waals surface area contributed by atoms with Gasteiger partial charge in [-0.15, -0.1) is 0 Å². The Bertz CT molecular complexity index is 348. The topological polar surface area (TPSA) is 46.5 Å². The summed E-state index contributed by atoms with van der Waals surface area (Å²) in [6, 6.07) is 8.21. The van der Waals surface area contributed by atoms with E-state index in [4.69, 9.17) is 5.11 Å². The van der Waals surface area contributed by atoms with Gasteiger partial charge in [0.05, 0.1) is 0 Å². The van der Waals surface area contributed by atoms with Crippen molar-refractivity contribution in [1.29, 1.82) is 0 Å². The van der Waals surface area contributed by atoms with Gasteiger partial charge in [0.1, 0.15) is 6.61 Å². The highest BCUT2D eigenvalue weighted by Crippen LogP contribution is 2.21. The lowest BCUT2D eigenvalue weighted by atomic mass is 10.2. The second-order valence-corrected chi connectivity index (χ2v) is 3.04. The van der Waals surface area contributed by atoms with E-state index in [1.807, 2.05) is 0 Å². The minimum atomic E-state index is -4.99. The van der Waals surface area contributed by atoms with Crippen LogP contribution in [0.3, 0.4) is 0 Å². The van der Waals surface area contributed by atoms with E-state index >= 15 is 0 Å². The van der Waals surface area contributed by atoms with Crippen molar-refractivity contribution in [1.82, 2.24) is 0 Å². The molecule has 3 nitrogen and oxygen atoms in total. The molecule has 6 heteroatoms. The number of aliphatic hydroxyl groups is 1. The van der Waals surface area contributed by atoms with Crippen molar-refractivity contribution in [2.75, 3.05) is 0 Å². The number of hydrogen-bond donors (Lipinski definition) is 1. The van der Waals surface area contributed by atoms with Crippen molar-refractivity contribution in [2.45, 2.75) is 18.9 Å². The number of hydrogen-bond acceptors (Lipinski definition) is 3. The van der Waals surface area contributed by atoms with Gasteiger partial charge in [-0.2, -0.15) is 13.2 Å². The Morgan fingerprint density at radius 3 is 2.38 bits per heavy atom. The van der Waals surface area contributed by atoms with E-state index in [-0.39, 0.29) is 6.61 Å². The molecule has 0 radical (unpaired) electrons. The zero-order chi connectivity index (χ0) is 12.2. The van der Waals surface area contributed by atoms with Crippen LogP contribution in [-0.4, -0.2) is 23.4 Å². The largest absolute Gasteiger partial charge is 0.459 e. The summed E-state index contributed by atoms with van der Waals surface area (Å²) in [5.74, 6) is -1.70. The molecule has 1 N–H and O–H groups in total. The van der Waals surface area contributed by atoms with E-state index in [0.717, 1.165) is 0 Å². The van der Waals surface area contributed by atoms with E-state index in [0.29, 0.717) is 5.56 Å². The number of ether oxygens (including phenoxy) is 1. The van der Waals surface area contributed by atoms with Crippen LogP contribution in [0.5, 0.6) is 0 Å². The second kappa shape index (κ2) is 4.98. The van der Waals surface area contributed by atoms with Gasteiger partial charge in [-0.1, -0.05) is 30.3 Å². The molecule has 1 atom stereocenters. The monoisotopic (exact) mass is 234 g/mol. The van der Waals surface area contributed by atoms with Crippen LogP contribution in [0.1, 0.15) is 5.56 Å². The smallest absolute Gasteiger partial charge is 0.425 e. The second-order valence-electron chi connectivity index (χ2n) is 3.04. The van der Waals surface area contributed by atoms with Gasteiger partial charge in [-0.25, -0.2) is 4.79 Å². The maximum absolute atomic E-state index is 11.9. The van der Waals surface area contributed by atoms with Gasteiger partial charge in [0, 0.05) is 0 Å². The van der Waals surface area contributed by atoms with Gasteiger partial charge in [0.2, 0.25) is 6.10 Å². The molecule has 88 valence electrons. The summed E-state index contributed by atoms with van der Waals surface area (Å²) < 4.78 is 39.9. The normalized spacial score (nSPS) is 13.2. The van der Waals surface area contributed by atoms with Crippen LogP contribution in [0.25, 0.3) is 0 Å². The number of aliphatic hydroxyl groups excluding tert-OH is 1. The Morgan fingerprint density at radius 1 is 1.31 bits per heavy atom. The van der Waals surface area contributed by atoms with Crippen LogP contribution in [0.2, 0.25) is 0 Å². The van der Waals surface area contributed by atoms with Gasteiger partial charge < -0.3 is 9.84 Å². The molecule has 0 aliphatic carbocycles. The Labute approximate surface area is 89.5 Å². The third-order valence-corrected chi connectivity index (χ3v) is 1.76. The highest BCUT2D eigenvalue weighted by molar-refractivity contribution is 5.75. The molecule has 0 bridgehead atoms. The number of alkyl halides is 3. The number of carbonyl (C=O) groups excluding carboxylic acids is 1. The molecule has 1 rings (SSSR count). The van der Waals surface area contributed by atoms with Gasteiger partial charge in [0.25, 0.3) is 0 Å². The highest BCUT2D eigenvalue weighted by atomic mass is 19.4. The van der Waals surface area contributed by atoms with Crippen molar-refractivity contribution >= 4 is 5.97 Å². The number of benzene rings is 1. The fourth-order valence-electron chi connectivity index (χ4n) is 0.941. The van der Waals surface area contributed by atoms with Crippen LogP contribution in [0, 0.1) is 0 Å². The Hall–Kier alpha value is -1.56. The predicted octanol–water partition coefficient (Wildman–Crippen LogP) is 1.65. The number of carbonyl (C=O) groups is 1. The molecule has 0 aliphatic heterocycles. The first-order valence-corrected chi connectivity index (χ1v) is 4.36. The molecular formula is C10H9F3O3. The van der Waals surface area contributed by atoms with Crippen LogP contribution in [-0.2, 0) is 16.1 Å². The van der Waals surface area contributed by atoms with Crippen molar-refractivity contribution in [2.24, 2.45) is 0 Å². The molecular weight excluding hydrogens is 225 g/mol. The average Bonchev–Trinajstić information content (AvgIpc) is 2.25. The molecule has 1 unspecified atom stereocenters. The predicted molar refractivity (Wildman–Crippen MR) is 48.3 cm³/mol. The maximum atomic E-state index is 11.9. The summed E-state index contributed by atoms with van der Waals surface area (Å²) in [5.41, 5.74) is 0.547. The zero-order valence-corrected chi connectivity index (χ0v) is 8.07. The summed E-state index contributed by atoms with van der Waals surface area (Å²) in [7, 11) is 0. The highest BCUT2D eigenvalue weighted by Gasteiger charge is 2.44. The van der Waals surface area contributed by atoms with Gasteiger partial charge in [-0.05, 0) is 5.56 Å². The first kappa shape index (κ1) is 12.5. The van der Waals surface area contributed by atoms with Gasteiger partial charge in [0.15, 0.2) is 0 Å². The van der Waals surface area contributed by atoms with E-state index < -0.39 is 18.2 Å². The summed E-state index contributed by atoms with van der Waals surface area (Å²) in [5, 5.41) is 8.53. The van der Waals surface area contributed by atoms with E-state index in [1.54, 1.807) is 30.3 Å². The zero-order valence-electron chi connectivity index (χ0n) is 8.07. The minimum Gasteiger partial charge on any atom is -0.459 e. The summed E-state index contributed by atoms with van der Waals surface area (Å²) in [4.78, 5) is 10.8. The molecule has 16 heavy (non-hydrogen) atoms. The molecule has 0 amide bonds. The van der Waals surface area contributed by atoms with Crippen molar-refractivity contribution in [3.63, 3.8) is 0 Å². The fraction of sp³-hybridized carbons (Fsp3) is 0.300. The van der Waals surface area contributed by atoms with E-state index in [2.05, 4.69) is 4.74 Å².